The van der Waals surface area contributed by atoms with Crippen molar-refractivity contribution >= 4 is 11.8 Å². The van der Waals surface area contributed by atoms with Gasteiger partial charge in [0, 0.05) is 12.2 Å². The molecular formula is C17H28N2O2. The Hall–Kier alpha value is -1.55. The zero-order valence-electron chi connectivity index (χ0n) is 13.8. The molecule has 1 unspecified atom stereocenters. The molecule has 0 heterocycles. The summed E-state index contributed by atoms with van der Waals surface area (Å²) in [5.74, 6) is 0.693. The van der Waals surface area contributed by atoms with E-state index in [2.05, 4.69) is 24.5 Å². The smallest absolute Gasteiger partial charge is 0.412 e. The van der Waals surface area contributed by atoms with Gasteiger partial charge in [-0.05, 0) is 50.9 Å². The molecule has 0 aliphatic rings. The van der Waals surface area contributed by atoms with Crippen molar-refractivity contribution in [1.29, 1.82) is 0 Å². The minimum absolute atomic E-state index is 0.426. The highest BCUT2D eigenvalue weighted by Crippen LogP contribution is 2.13. The molecule has 2 N–H and O–H groups in total. The van der Waals surface area contributed by atoms with Crippen molar-refractivity contribution in [3.63, 3.8) is 0 Å². The molecule has 4 heteroatoms. The average Bonchev–Trinajstić information content (AvgIpc) is 2.38. The first-order valence-corrected chi connectivity index (χ1v) is 7.60. The van der Waals surface area contributed by atoms with Crippen LogP contribution >= 0.6 is 0 Å². The van der Waals surface area contributed by atoms with Crippen LogP contribution in [0.2, 0.25) is 0 Å². The van der Waals surface area contributed by atoms with Crippen molar-refractivity contribution < 1.29 is 9.53 Å². The van der Waals surface area contributed by atoms with E-state index in [0.29, 0.717) is 5.92 Å². The summed E-state index contributed by atoms with van der Waals surface area (Å²) in [7, 11) is 0. The van der Waals surface area contributed by atoms with Crippen molar-refractivity contribution in [2.75, 3.05) is 11.9 Å². The second-order valence-corrected chi connectivity index (χ2v) is 6.47. The Morgan fingerprint density at radius 1 is 1.24 bits per heavy atom. The number of ether oxygens (including phenoxy) is 1. The lowest BCUT2D eigenvalue weighted by Gasteiger charge is -2.19. The van der Waals surface area contributed by atoms with Crippen molar-refractivity contribution in [3.05, 3.63) is 29.8 Å². The lowest BCUT2D eigenvalue weighted by molar-refractivity contribution is 0.0636. The predicted molar refractivity (Wildman–Crippen MR) is 87.5 cm³/mol. The van der Waals surface area contributed by atoms with Crippen molar-refractivity contribution in [2.45, 2.75) is 53.2 Å². The molecular weight excluding hydrogens is 264 g/mol. The molecule has 1 aromatic carbocycles. The highest BCUT2D eigenvalue weighted by atomic mass is 16.6. The molecule has 0 fully saturated rings. The molecule has 0 aromatic heterocycles. The number of carbonyl (C=O) groups excluding carboxylic acids is 1. The topological polar surface area (TPSA) is 50.4 Å². The van der Waals surface area contributed by atoms with E-state index in [4.69, 9.17) is 4.74 Å². The van der Waals surface area contributed by atoms with E-state index in [1.165, 1.54) is 12.0 Å². The first-order chi connectivity index (χ1) is 9.80. The zero-order chi connectivity index (χ0) is 15.9. The highest BCUT2D eigenvalue weighted by molar-refractivity contribution is 5.84. The molecule has 1 atom stereocenters. The Morgan fingerprint density at radius 2 is 1.86 bits per heavy atom. The molecule has 0 spiro atoms. The normalized spacial score (nSPS) is 12.8. The molecule has 0 aliphatic carbocycles. The van der Waals surface area contributed by atoms with Crippen molar-refractivity contribution in [1.82, 2.24) is 5.32 Å². The summed E-state index contributed by atoms with van der Waals surface area (Å²) in [5, 5.41) is 6.16. The minimum atomic E-state index is -0.482. The minimum Gasteiger partial charge on any atom is -0.444 e. The quantitative estimate of drug-likeness (QED) is 0.827. The van der Waals surface area contributed by atoms with E-state index in [1.54, 1.807) is 0 Å². The fraction of sp³-hybridized carbons (Fsp3) is 0.588. The van der Waals surface area contributed by atoms with Crippen LogP contribution < -0.4 is 10.6 Å². The number of hydrogen-bond acceptors (Lipinski definition) is 3. The second-order valence-electron chi connectivity index (χ2n) is 6.47. The lowest BCUT2D eigenvalue weighted by Crippen LogP contribution is -2.27. The third kappa shape index (κ3) is 7.71. The first kappa shape index (κ1) is 17.5. The van der Waals surface area contributed by atoms with Gasteiger partial charge in [-0.1, -0.05) is 32.4 Å². The first-order valence-electron chi connectivity index (χ1n) is 7.60. The lowest BCUT2D eigenvalue weighted by atomic mass is 10.1. The fourth-order valence-electron chi connectivity index (χ4n) is 1.73. The Labute approximate surface area is 128 Å². The molecule has 118 valence electrons. The van der Waals surface area contributed by atoms with Gasteiger partial charge in [0.1, 0.15) is 5.60 Å². The molecule has 0 radical (unpaired) electrons. The largest absolute Gasteiger partial charge is 0.444 e. The van der Waals surface area contributed by atoms with Crippen LogP contribution in [-0.2, 0) is 11.3 Å². The highest BCUT2D eigenvalue weighted by Gasteiger charge is 2.15. The summed E-state index contributed by atoms with van der Waals surface area (Å²) in [5.41, 5.74) is 1.46. The van der Waals surface area contributed by atoms with Crippen LogP contribution in [-0.4, -0.2) is 18.2 Å². The van der Waals surface area contributed by atoms with Gasteiger partial charge in [0.05, 0.1) is 0 Å². The summed E-state index contributed by atoms with van der Waals surface area (Å²) in [4.78, 5) is 11.6. The average molecular weight is 292 g/mol. The van der Waals surface area contributed by atoms with Gasteiger partial charge in [0.2, 0.25) is 0 Å². The van der Waals surface area contributed by atoms with E-state index in [9.17, 15) is 4.79 Å². The maximum atomic E-state index is 11.6. The Balaban J connectivity index is 2.41. The van der Waals surface area contributed by atoms with Crippen LogP contribution in [0.5, 0.6) is 0 Å². The van der Waals surface area contributed by atoms with E-state index >= 15 is 0 Å². The van der Waals surface area contributed by atoms with Crippen molar-refractivity contribution in [3.8, 4) is 0 Å². The predicted octanol–water partition coefficient (Wildman–Crippen LogP) is 4.17. The van der Waals surface area contributed by atoms with Gasteiger partial charge in [-0.2, -0.15) is 0 Å². The van der Waals surface area contributed by atoms with Crippen LogP contribution in [0.4, 0.5) is 10.5 Å². The molecule has 21 heavy (non-hydrogen) atoms. The van der Waals surface area contributed by atoms with Crippen LogP contribution in [0, 0.1) is 5.92 Å². The number of amides is 1. The van der Waals surface area contributed by atoms with E-state index in [1.807, 2.05) is 45.0 Å². The monoisotopic (exact) mass is 292 g/mol. The summed E-state index contributed by atoms with van der Waals surface area (Å²) >= 11 is 0. The second kappa shape index (κ2) is 8.03. The summed E-state index contributed by atoms with van der Waals surface area (Å²) in [6, 6.07) is 7.81. The van der Waals surface area contributed by atoms with Gasteiger partial charge in [0.15, 0.2) is 0 Å². The van der Waals surface area contributed by atoms with E-state index in [-0.39, 0.29) is 0 Å². The van der Waals surface area contributed by atoms with Gasteiger partial charge in [-0.15, -0.1) is 0 Å². The standard InChI is InChI=1S/C17H28N2O2/c1-6-13(2)11-18-12-14-7-9-15(10-8-14)19-16(20)21-17(3,4)5/h7-10,13,18H,6,11-12H2,1-5H3,(H,19,20). The zero-order valence-corrected chi connectivity index (χ0v) is 13.8. The summed E-state index contributed by atoms with van der Waals surface area (Å²) < 4.78 is 5.21. The molecule has 0 bridgehead atoms. The molecule has 4 nitrogen and oxygen atoms in total. The van der Waals surface area contributed by atoms with Crippen LogP contribution in [0.3, 0.4) is 0 Å². The van der Waals surface area contributed by atoms with Crippen LogP contribution in [0.25, 0.3) is 0 Å². The Morgan fingerprint density at radius 3 is 2.38 bits per heavy atom. The Bertz CT molecular complexity index is 435. The SMILES string of the molecule is CCC(C)CNCc1ccc(NC(=O)OC(C)(C)C)cc1. The molecule has 0 saturated heterocycles. The Kier molecular flexibility index (Phi) is 6.69. The van der Waals surface area contributed by atoms with Gasteiger partial charge >= 0.3 is 6.09 Å². The van der Waals surface area contributed by atoms with Crippen LogP contribution in [0.15, 0.2) is 24.3 Å². The number of rotatable bonds is 6. The van der Waals surface area contributed by atoms with E-state index in [0.717, 1.165) is 18.8 Å². The fourth-order valence-corrected chi connectivity index (χ4v) is 1.73. The molecule has 0 saturated carbocycles. The summed E-state index contributed by atoms with van der Waals surface area (Å²) in [6.45, 7) is 11.8. The van der Waals surface area contributed by atoms with Gasteiger partial charge in [-0.25, -0.2) is 4.79 Å². The number of carbonyl (C=O) groups is 1. The van der Waals surface area contributed by atoms with Crippen molar-refractivity contribution in [2.24, 2.45) is 5.92 Å². The molecule has 1 rings (SSSR count). The molecule has 1 amide bonds. The third-order valence-electron chi connectivity index (χ3n) is 3.12. The number of hydrogen-bond donors (Lipinski definition) is 2. The van der Waals surface area contributed by atoms with Gasteiger partial charge < -0.3 is 10.1 Å². The molecule has 0 aliphatic heterocycles. The van der Waals surface area contributed by atoms with Gasteiger partial charge in [0.25, 0.3) is 0 Å². The van der Waals surface area contributed by atoms with E-state index < -0.39 is 11.7 Å². The summed E-state index contributed by atoms with van der Waals surface area (Å²) in [6.07, 6.45) is 0.760. The molecule has 1 aromatic rings. The number of anilines is 1. The number of nitrogens with one attached hydrogen (secondary N) is 2. The van der Waals surface area contributed by atoms with Crippen LogP contribution in [0.1, 0.15) is 46.6 Å². The maximum absolute atomic E-state index is 11.6. The maximum Gasteiger partial charge on any atom is 0.412 e. The number of benzene rings is 1. The van der Waals surface area contributed by atoms with Gasteiger partial charge in [-0.3, -0.25) is 5.32 Å². The third-order valence-corrected chi connectivity index (χ3v) is 3.12.